The molecule has 0 aliphatic carbocycles. The molecule has 0 radical (unpaired) electrons. The van der Waals surface area contributed by atoms with Crippen LogP contribution in [0, 0.1) is 0 Å². The number of rotatable bonds is 14. The van der Waals surface area contributed by atoms with E-state index in [4.69, 9.17) is 0 Å². The molecule has 0 aromatic heterocycles. The Bertz CT molecular complexity index is 892. The Morgan fingerprint density at radius 3 is 1.51 bits per heavy atom. The van der Waals surface area contributed by atoms with Crippen LogP contribution in [-0.2, 0) is 19.1 Å². The van der Waals surface area contributed by atoms with E-state index in [9.17, 15) is 75.4 Å². The minimum absolute atomic E-state index is 0.0345. The monoisotopic (exact) mass is 626 g/mol. The van der Waals surface area contributed by atoms with Crippen molar-refractivity contribution in [1.82, 2.24) is 0 Å². The van der Waals surface area contributed by atoms with Gasteiger partial charge in [-0.25, -0.2) is 9.59 Å². The summed E-state index contributed by atoms with van der Waals surface area (Å²) in [5, 5.41) is 0. The van der Waals surface area contributed by atoms with Crippen LogP contribution in [0.15, 0.2) is 12.2 Å². The fourth-order valence-electron chi connectivity index (χ4n) is 2.45. The molecule has 0 aliphatic rings. The van der Waals surface area contributed by atoms with E-state index in [1.165, 1.54) is 0 Å². The molecule has 0 bridgehead atoms. The normalized spacial score (nSPS) is 15.0. The number of carbonyl (C=O) groups is 2. The lowest BCUT2D eigenvalue weighted by atomic mass is 9.91. The van der Waals surface area contributed by atoms with Gasteiger partial charge in [-0.05, 0) is 6.42 Å². The molecule has 0 N–H and O–H groups in total. The first kappa shape index (κ1) is 36.8. The van der Waals surface area contributed by atoms with Gasteiger partial charge in [-0.2, -0.15) is 65.9 Å². The predicted octanol–water partition coefficient (Wildman–Crippen LogP) is 7.47. The fourth-order valence-corrected chi connectivity index (χ4v) is 3.65. The highest BCUT2D eigenvalue weighted by molar-refractivity contribution is 6.76. The van der Waals surface area contributed by atoms with Crippen LogP contribution >= 0.6 is 0 Å². The maximum atomic E-state index is 13.7. The van der Waals surface area contributed by atoms with Gasteiger partial charge in [0.2, 0.25) is 0 Å². The van der Waals surface area contributed by atoms with Gasteiger partial charge in [0.1, 0.15) is 0 Å². The van der Waals surface area contributed by atoms with E-state index in [0.717, 1.165) is 0 Å². The lowest BCUT2D eigenvalue weighted by Gasteiger charge is -2.40. The number of halogens is 15. The second kappa shape index (κ2) is 11.8. The van der Waals surface area contributed by atoms with Crippen LogP contribution in [0.2, 0.25) is 25.7 Å². The van der Waals surface area contributed by atoms with E-state index < -0.39 is 80.8 Å². The topological polar surface area (TPSA) is 52.6 Å². The number of alkyl halides is 15. The number of ether oxygens (including phenoxy) is 2. The summed E-state index contributed by atoms with van der Waals surface area (Å²) in [5.74, 6) is -42.9. The number of hydrogen-bond donors (Lipinski definition) is 0. The molecule has 0 amide bonds. The first-order chi connectivity index (χ1) is 17.0. The van der Waals surface area contributed by atoms with Crippen molar-refractivity contribution >= 4 is 20.0 Å². The van der Waals surface area contributed by atoms with Gasteiger partial charge in [0.15, 0.2) is 0 Å². The average molecular weight is 626 g/mol. The van der Waals surface area contributed by atoms with E-state index in [1.807, 2.05) is 19.6 Å². The third-order valence-corrected chi connectivity index (χ3v) is 6.48. The van der Waals surface area contributed by atoms with Crippen molar-refractivity contribution < 1.29 is 84.9 Å². The largest absolute Gasteiger partial charge is 0.473 e. The highest BCUT2D eigenvalue weighted by atomic mass is 28.3. The van der Waals surface area contributed by atoms with Crippen molar-refractivity contribution in [2.45, 2.75) is 86.8 Å². The molecular weight excluding hydrogens is 605 g/mol. The molecule has 0 aliphatic heterocycles. The van der Waals surface area contributed by atoms with Gasteiger partial charge in [-0.1, -0.05) is 25.7 Å². The Balaban J connectivity index is 5.74. The zero-order valence-corrected chi connectivity index (χ0v) is 21.0. The third-order valence-electron chi connectivity index (χ3n) is 4.63. The zero-order chi connectivity index (χ0) is 31.5. The molecule has 4 nitrogen and oxygen atoms in total. The van der Waals surface area contributed by atoms with E-state index in [-0.39, 0.29) is 12.7 Å². The van der Waals surface area contributed by atoms with E-state index in [1.54, 1.807) is 0 Å². The van der Waals surface area contributed by atoms with Crippen LogP contribution in [0.3, 0.4) is 0 Å². The summed E-state index contributed by atoms with van der Waals surface area (Å²) < 4.78 is 206. The molecule has 0 saturated heterocycles. The fraction of sp³-hybridized carbons (Fsp3) is 0.789. The second-order valence-corrected chi connectivity index (χ2v) is 14.8. The second-order valence-electron chi connectivity index (χ2n) is 9.22. The van der Waals surface area contributed by atoms with Gasteiger partial charge in [0.05, 0.1) is 6.61 Å². The van der Waals surface area contributed by atoms with Gasteiger partial charge in [0, 0.05) is 33.1 Å². The minimum atomic E-state index is -8.16. The molecule has 0 saturated carbocycles. The summed E-state index contributed by atoms with van der Waals surface area (Å²) in [6.07, 6.45) is -19.3. The Hall–Kier alpha value is -2.15. The lowest BCUT2D eigenvalue weighted by Crippen LogP contribution is -2.71. The number of esters is 2. The van der Waals surface area contributed by atoms with Gasteiger partial charge in [-0.3, -0.25) is 0 Å². The number of hydrogen-bond acceptors (Lipinski definition) is 4. The molecule has 0 atom stereocenters. The van der Waals surface area contributed by atoms with Crippen molar-refractivity contribution in [1.29, 1.82) is 0 Å². The van der Waals surface area contributed by atoms with Crippen molar-refractivity contribution in [3.8, 4) is 0 Å². The van der Waals surface area contributed by atoms with Crippen LogP contribution < -0.4 is 0 Å². The SMILES string of the molecule is C[Si](C)(C)CCCOC(=O)C=CC(=O)OC(F)(F)C(F)(F)C(F)(F)C(F)(F)C(F)(F)C(F)(F)CCC(F)(F)F. The van der Waals surface area contributed by atoms with Gasteiger partial charge >= 0.3 is 53.8 Å². The van der Waals surface area contributed by atoms with Crippen LogP contribution in [0.4, 0.5) is 65.9 Å². The smallest absolute Gasteiger partial charge is 0.463 e. The maximum absolute atomic E-state index is 13.7. The highest BCUT2D eigenvalue weighted by Gasteiger charge is 2.91. The molecule has 0 unspecified atom stereocenters. The summed E-state index contributed by atoms with van der Waals surface area (Å²) in [4.78, 5) is 22.6. The van der Waals surface area contributed by atoms with E-state index in [0.29, 0.717) is 12.5 Å². The van der Waals surface area contributed by atoms with Crippen molar-refractivity contribution in [3.63, 3.8) is 0 Å². The van der Waals surface area contributed by atoms with Crippen LogP contribution in [0.25, 0.3) is 0 Å². The Morgan fingerprint density at radius 1 is 0.641 bits per heavy atom. The molecule has 39 heavy (non-hydrogen) atoms. The minimum Gasteiger partial charge on any atom is -0.463 e. The quantitative estimate of drug-likeness (QED) is 0.0661. The van der Waals surface area contributed by atoms with Crippen LogP contribution in [0.5, 0.6) is 0 Å². The number of carbonyl (C=O) groups excluding carboxylic acids is 2. The molecule has 0 aromatic rings. The Morgan fingerprint density at radius 2 is 1.08 bits per heavy atom. The average Bonchev–Trinajstić information content (AvgIpc) is 2.71. The predicted molar refractivity (Wildman–Crippen MR) is 104 cm³/mol. The third kappa shape index (κ3) is 8.92. The summed E-state index contributed by atoms with van der Waals surface area (Å²) in [6.45, 7) is 5.57. The lowest BCUT2D eigenvalue weighted by molar-refractivity contribution is -0.451. The van der Waals surface area contributed by atoms with Crippen LogP contribution in [-0.4, -0.2) is 68.5 Å². The molecule has 0 fully saturated rings. The standard InChI is InChI=1S/C19H21F15O4Si/c1-39(2,3)10-4-9-37-11(35)5-6-12(36)38-19(33,34)18(31,32)17(29,30)16(27,28)15(25,26)13(20,21)7-8-14(22,23)24/h5-6H,4,7-10H2,1-3H3. The molecule has 0 spiro atoms. The van der Waals surface area contributed by atoms with Crippen molar-refractivity contribution in [3.05, 3.63) is 12.2 Å². The van der Waals surface area contributed by atoms with Crippen LogP contribution in [0.1, 0.15) is 19.3 Å². The van der Waals surface area contributed by atoms with Gasteiger partial charge in [0.25, 0.3) is 0 Å². The summed E-state index contributed by atoms with van der Waals surface area (Å²) in [5.41, 5.74) is 0. The van der Waals surface area contributed by atoms with E-state index >= 15 is 0 Å². The first-order valence-corrected chi connectivity index (χ1v) is 14.1. The van der Waals surface area contributed by atoms with Crippen molar-refractivity contribution in [2.24, 2.45) is 0 Å². The maximum Gasteiger partial charge on any atom is 0.473 e. The summed E-state index contributed by atoms with van der Waals surface area (Å²) >= 11 is 0. The molecule has 0 aromatic carbocycles. The first-order valence-electron chi connectivity index (χ1n) is 10.4. The Labute approximate surface area is 211 Å². The summed E-state index contributed by atoms with van der Waals surface area (Å²) in [6, 6.07) is 0.638. The van der Waals surface area contributed by atoms with Gasteiger partial charge < -0.3 is 9.47 Å². The molecule has 0 heterocycles. The Kier molecular flexibility index (Phi) is 11.1. The summed E-state index contributed by atoms with van der Waals surface area (Å²) in [7, 11) is -1.56. The highest BCUT2D eigenvalue weighted by Crippen LogP contribution is 2.61. The molecule has 20 heteroatoms. The molecular formula is C19H21F15O4Si. The van der Waals surface area contributed by atoms with E-state index in [2.05, 4.69) is 9.47 Å². The van der Waals surface area contributed by atoms with Crippen molar-refractivity contribution in [2.75, 3.05) is 6.61 Å². The molecule has 230 valence electrons. The molecule has 0 rings (SSSR count). The zero-order valence-electron chi connectivity index (χ0n) is 20.0. The van der Waals surface area contributed by atoms with Gasteiger partial charge in [-0.15, -0.1) is 0 Å².